The molecule has 1 unspecified atom stereocenters. The van der Waals surface area contributed by atoms with Crippen molar-refractivity contribution in [3.05, 3.63) is 34.3 Å². The molecule has 3 nitrogen and oxygen atoms in total. The van der Waals surface area contributed by atoms with Crippen LogP contribution >= 0.6 is 11.6 Å². The summed E-state index contributed by atoms with van der Waals surface area (Å²) in [7, 11) is 0. The summed E-state index contributed by atoms with van der Waals surface area (Å²) in [4.78, 5) is 14.6. The summed E-state index contributed by atoms with van der Waals surface area (Å²) in [5, 5.41) is 4.00. The van der Waals surface area contributed by atoms with Crippen molar-refractivity contribution >= 4 is 17.5 Å². The number of hydrogen-bond donors (Lipinski definition) is 1. The zero-order valence-corrected chi connectivity index (χ0v) is 13.0. The van der Waals surface area contributed by atoms with Crippen LogP contribution in [0.1, 0.15) is 42.1 Å². The lowest BCUT2D eigenvalue weighted by Crippen LogP contribution is -2.41. The SMILES string of the molecule is CCCN(CC1CCCN1)C(=O)c1ccc(C)cc1Cl. The molecule has 0 radical (unpaired) electrons. The van der Waals surface area contributed by atoms with Gasteiger partial charge in [-0.25, -0.2) is 0 Å². The van der Waals surface area contributed by atoms with Crippen molar-refractivity contribution in [3.63, 3.8) is 0 Å². The summed E-state index contributed by atoms with van der Waals surface area (Å²) in [6, 6.07) is 6.06. The first-order valence-corrected chi connectivity index (χ1v) is 7.78. The van der Waals surface area contributed by atoms with Gasteiger partial charge in [0.15, 0.2) is 0 Å². The Balaban J connectivity index is 2.12. The third kappa shape index (κ3) is 3.74. The van der Waals surface area contributed by atoms with E-state index in [1.165, 1.54) is 6.42 Å². The highest BCUT2D eigenvalue weighted by Gasteiger charge is 2.23. The molecule has 1 amide bonds. The summed E-state index contributed by atoms with van der Waals surface area (Å²) < 4.78 is 0. The van der Waals surface area contributed by atoms with Gasteiger partial charge >= 0.3 is 0 Å². The van der Waals surface area contributed by atoms with Crippen LogP contribution in [0.25, 0.3) is 0 Å². The predicted octanol–water partition coefficient (Wildman–Crippen LogP) is 3.25. The number of rotatable bonds is 5. The van der Waals surface area contributed by atoms with Crippen LogP contribution < -0.4 is 5.32 Å². The van der Waals surface area contributed by atoms with E-state index in [0.717, 1.165) is 38.0 Å². The number of amides is 1. The second kappa shape index (κ2) is 7.09. The van der Waals surface area contributed by atoms with E-state index in [4.69, 9.17) is 11.6 Å². The van der Waals surface area contributed by atoms with Gasteiger partial charge in [-0.1, -0.05) is 24.6 Å². The molecule has 0 aliphatic carbocycles. The van der Waals surface area contributed by atoms with Crippen molar-refractivity contribution in [1.29, 1.82) is 0 Å². The molecule has 0 spiro atoms. The fourth-order valence-electron chi connectivity index (χ4n) is 2.69. The molecule has 1 atom stereocenters. The summed E-state index contributed by atoms with van der Waals surface area (Å²) in [6.07, 6.45) is 3.31. The van der Waals surface area contributed by atoms with Crippen molar-refractivity contribution in [1.82, 2.24) is 10.2 Å². The molecule has 0 saturated carbocycles. The number of benzene rings is 1. The first-order valence-electron chi connectivity index (χ1n) is 7.40. The Morgan fingerprint density at radius 3 is 2.90 bits per heavy atom. The average Bonchev–Trinajstić information content (AvgIpc) is 2.90. The van der Waals surface area contributed by atoms with Gasteiger partial charge in [-0.3, -0.25) is 4.79 Å². The molecule has 1 aromatic carbocycles. The summed E-state index contributed by atoms with van der Waals surface area (Å²) in [5.41, 5.74) is 1.69. The van der Waals surface area contributed by atoms with E-state index in [9.17, 15) is 4.79 Å². The average molecular weight is 295 g/mol. The molecular formula is C16H23ClN2O. The standard InChI is InChI=1S/C16H23ClN2O/c1-3-9-19(11-13-5-4-8-18-13)16(20)14-7-6-12(2)10-15(14)17/h6-7,10,13,18H,3-5,8-9,11H2,1-2H3. The van der Waals surface area contributed by atoms with Crippen LogP contribution in [-0.2, 0) is 0 Å². The fourth-order valence-corrected chi connectivity index (χ4v) is 3.00. The van der Waals surface area contributed by atoms with E-state index >= 15 is 0 Å². The highest BCUT2D eigenvalue weighted by Crippen LogP contribution is 2.20. The lowest BCUT2D eigenvalue weighted by molar-refractivity contribution is 0.0742. The topological polar surface area (TPSA) is 32.3 Å². The zero-order chi connectivity index (χ0) is 14.5. The maximum absolute atomic E-state index is 12.7. The minimum absolute atomic E-state index is 0.0468. The molecule has 1 fully saturated rings. The van der Waals surface area contributed by atoms with Gasteiger partial charge in [-0.15, -0.1) is 0 Å². The van der Waals surface area contributed by atoms with Crippen molar-refractivity contribution in [2.75, 3.05) is 19.6 Å². The van der Waals surface area contributed by atoms with Crippen molar-refractivity contribution in [2.24, 2.45) is 0 Å². The summed E-state index contributed by atoms with van der Waals surface area (Å²) in [6.45, 7) is 6.69. The molecule has 2 rings (SSSR count). The van der Waals surface area contributed by atoms with E-state index in [-0.39, 0.29) is 5.91 Å². The van der Waals surface area contributed by atoms with Crippen molar-refractivity contribution < 1.29 is 4.79 Å². The van der Waals surface area contributed by atoms with Crippen LogP contribution in [-0.4, -0.2) is 36.5 Å². The quantitative estimate of drug-likeness (QED) is 0.904. The molecule has 1 aliphatic rings. The lowest BCUT2D eigenvalue weighted by Gasteiger charge is -2.26. The van der Waals surface area contributed by atoms with Crippen molar-refractivity contribution in [2.45, 2.75) is 39.2 Å². The Morgan fingerprint density at radius 2 is 2.30 bits per heavy atom. The lowest BCUT2D eigenvalue weighted by atomic mass is 10.1. The number of halogens is 1. The number of aryl methyl sites for hydroxylation is 1. The Bertz CT molecular complexity index is 470. The van der Waals surface area contributed by atoms with Gasteiger partial charge < -0.3 is 10.2 Å². The molecule has 1 N–H and O–H groups in total. The second-order valence-electron chi connectivity index (χ2n) is 5.53. The van der Waals surface area contributed by atoms with Crippen LogP contribution in [0.3, 0.4) is 0 Å². The third-order valence-corrected chi connectivity index (χ3v) is 4.05. The first kappa shape index (κ1) is 15.3. The minimum Gasteiger partial charge on any atom is -0.337 e. The predicted molar refractivity (Wildman–Crippen MR) is 83.4 cm³/mol. The Kier molecular flexibility index (Phi) is 5.44. The number of carbonyl (C=O) groups is 1. The van der Waals surface area contributed by atoms with Crippen LogP contribution in [0.15, 0.2) is 18.2 Å². The molecule has 20 heavy (non-hydrogen) atoms. The fraction of sp³-hybridized carbons (Fsp3) is 0.562. The van der Waals surface area contributed by atoms with Gasteiger partial charge in [0.25, 0.3) is 5.91 Å². The van der Waals surface area contributed by atoms with Crippen LogP contribution in [0, 0.1) is 6.92 Å². The zero-order valence-electron chi connectivity index (χ0n) is 12.3. The maximum Gasteiger partial charge on any atom is 0.255 e. The normalized spacial score (nSPS) is 18.2. The van der Waals surface area contributed by atoms with Crippen molar-refractivity contribution in [3.8, 4) is 0 Å². The molecular weight excluding hydrogens is 272 g/mol. The number of carbonyl (C=O) groups excluding carboxylic acids is 1. The van der Waals surface area contributed by atoms with Gasteiger partial charge in [-0.05, 0) is 50.4 Å². The van der Waals surface area contributed by atoms with E-state index < -0.39 is 0 Å². The van der Waals surface area contributed by atoms with E-state index in [2.05, 4.69) is 12.2 Å². The smallest absolute Gasteiger partial charge is 0.255 e. The molecule has 4 heteroatoms. The van der Waals surface area contributed by atoms with Crippen LogP contribution in [0.5, 0.6) is 0 Å². The Labute approximate surface area is 126 Å². The molecule has 1 aliphatic heterocycles. The Morgan fingerprint density at radius 1 is 1.50 bits per heavy atom. The number of nitrogens with one attached hydrogen (secondary N) is 1. The number of hydrogen-bond acceptors (Lipinski definition) is 2. The van der Waals surface area contributed by atoms with Crippen LogP contribution in [0.2, 0.25) is 5.02 Å². The maximum atomic E-state index is 12.7. The summed E-state index contributed by atoms with van der Waals surface area (Å²) >= 11 is 6.22. The van der Waals surface area contributed by atoms with E-state index in [0.29, 0.717) is 16.6 Å². The highest BCUT2D eigenvalue weighted by atomic mass is 35.5. The first-order chi connectivity index (χ1) is 9.61. The second-order valence-corrected chi connectivity index (χ2v) is 5.93. The largest absolute Gasteiger partial charge is 0.337 e. The Hall–Kier alpha value is -1.06. The molecule has 0 bridgehead atoms. The molecule has 1 saturated heterocycles. The van der Waals surface area contributed by atoms with Gasteiger partial charge in [0.05, 0.1) is 10.6 Å². The highest BCUT2D eigenvalue weighted by molar-refractivity contribution is 6.33. The van der Waals surface area contributed by atoms with Gasteiger partial charge in [-0.2, -0.15) is 0 Å². The van der Waals surface area contributed by atoms with Crippen LogP contribution in [0.4, 0.5) is 0 Å². The van der Waals surface area contributed by atoms with Gasteiger partial charge in [0.1, 0.15) is 0 Å². The van der Waals surface area contributed by atoms with E-state index in [1.807, 2.05) is 30.0 Å². The van der Waals surface area contributed by atoms with Gasteiger partial charge in [0.2, 0.25) is 0 Å². The monoisotopic (exact) mass is 294 g/mol. The van der Waals surface area contributed by atoms with E-state index in [1.54, 1.807) is 0 Å². The number of nitrogens with zero attached hydrogens (tertiary/aromatic N) is 1. The molecule has 110 valence electrons. The molecule has 1 aromatic rings. The minimum atomic E-state index is 0.0468. The molecule has 1 heterocycles. The summed E-state index contributed by atoms with van der Waals surface area (Å²) in [5.74, 6) is 0.0468. The molecule has 0 aromatic heterocycles. The third-order valence-electron chi connectivity index (χ3n) is 3.74. The van der Waals surface area contributed by atoms with Gasteiger partial charge in [0, 0.05) is 19.1 Å².